The summed E-state index contributed by atoms with van der Waals surface area (Å²) >= 11 is 0. The summed E-state index contributed by atoms with van der Waals surface area (Å²) in [5.74, 6) is 0. The summed E-state index contributed by atoms with van der Waals surface area (Å²) < 4.78 is 0. The fraction of sp³-hybridized carbons (Fsp3) is 0.412. The minimum Gasteiger partial charge on any atom is -0.359 e. The van der Waals surface area contributed by atoms with E-state index in [1.54, 1.807) is 6.33 Å². The molecule has 1 aliphatic heterocycles. The summed E-state index contributed by atoms with van der Waals surface area (Å²) in [6.07, 6.45) is 7.82. The van der Waals surface area contributed by atoms with Gasteiger partial charge in [0.15, 0.2) is 0 Å². The van der Waals surface area contributed by atoms with Gasteiger partial charge in [-0.15, -0.1) is 0 Å². The topological polar surface area (TPSA) is 41.1 Å². The van der Waals surface area contributed by atoms with Crippen LogP contribution in [0.5, 0.6) is 0 Å². The maximum Gasteiger partial charge on any atom is 0.115 e. The zero-order chi connectivity index (χ0) is 14.5. The molecule has 110 valence electrons. The molecule has 21 heavy (non-hydrogen) atoms. The van der Waals surface area contributed by atoms with Gasteiger partial charge in [0.1, 0.15) is 6.33 Å². The van der Waals surface area contributed by atoms with Crippen molar-refractivity contribution in [2.75, 3.05) is 18.0 Å². The fourth-order valence-electron chi connectivity index (χ4n) is 3.06. The van der Waals surface area contributed by atoms with E-state index in [9.17, 15) is 0 Å². The van der Waals surface area contributed by atoms with Gasteiger partial charge in [-0.3, -0.25) is 0 Å². The standard InChI is InChI=1S/C17H22N4/c1-2-6-15-12-21(16-9-18-13-19-10-16)17(11-20-15)14-7-4-3-5-8-14/h3-5,7-10,13,15,17,20H,2,6,11-12H2,1H3. The predicted octanol–water partition coefficient (Wildman–Crippen LogP) is 2.80. The zero-order valence-corrected chi connectivity index (χ0v) is 12.4. The van der Waals surface area contributed by atoms with Crippen LogP contribution in [0.3, 0.4) is 0 Å². The number of nitrogens with one attached hydrogen (secondary N) is 1. The Morgan fingerprint density at radius 3 is 2.67 bits per heavy atom. The van der Waals surface area contributed by atoms with Gasteiger partial charge < -0.3 is 10.2 Å². The normalized spacial score (nSPS) is 22.2. The minimum absolute atomic E-state index is 0.338. The van der Waals surface area contributed by atoms with Gasteiger partial charge in [-0.2, -0.15) is 0 Å². The van der Waals surface area contributed by atoms with Crippen LogP contribution in [0.25, 0.3) is 0 Å². The quantitative estimate of drug-likeness (QED) is 0.936. The Kier molecular flexibility index (Phi) is 4.46. The maximum atomic E-state index is 4.19. The molecule has 3 rings (SSSR count). The molecule has 0 bridgehead atoms. The van der Waals surface area contributed by atoms with Crippen molar-refractivity contribution in [2.45, 2.75) is 31.8 Å². The molecule has 4 nitrogen and oxygen atoms in total. The smallest absolute Gasteiger partial charge is 0.115 e. The highest BCUT2D eigenvalue weighted by molar-refractivity contribution is 5.46. The number of hydrogen-bond acceptors (Lipinski definition) is 4. The zero-order valence-electron chi connectivity index (χ0n) is 12.4. The first-order valence-corrected chi connectivity index (χ1v) is 7.68. The minimum atomic E-state index is 0.338. The Labute approximate surface area is 126 Å². The van der Waals surface area contributed by atoms with Crippen molar-refractivity contribution in [2.24, 2.45) is 0 Å². The highest BCUT2D eigenvalue weighted by Crippen LogP contribution is 2.29. The van der Waals surface area contributed by atoms with E-state index in [0.29, 0.717) is 12.1 Å². The van der Waals surface area contributed by atoms with Crippen molar-refractivity contribution >= 4 is 5.69 Å². The van der Waals surface area contributed by atoms with Crippen molar-refractivity contribution in [3.63, 3.8) is 0 Å². The molecule has 2 aromatic rings. The lowest BCUT2D eigenvalue weighted by Gasteiger charge is -2.42. The van der Waals surface area contributed by atoms with Gasteiger partial charge >= 0.3 is 0 Å². The van der Waals surface area contributed by atoms with Gasteiger partial charge in [-0.25, -0.2) is 9.97 Å². The summed E-state index contributed by atoms with van der Waals surface area (Å²) in [6, 6.07) is 11.5. The van der Waals surface area contributed by atoms with Gasteiger partial charge in [0.05, 0.1) is 24.1 Å². The van der Waals surface area contributed by atoms with Crippen molar-refractivity contribution in [3.05, 3.63) is 54.6 Å². The van der Waals surface area contributed by atoms with Crippen LogP contribution >= 0.6 is 0 Å². The number of piperazine rings is 1. The number of anilines is 1. The lowest BCUT2D eigenvalue weighted by Crippen LogP contribution is -2.52. The molecule has 2 heterocycles. The van der Waals surface area contributed by atoms with Gasteiger partial charge in [-0.1, -0.05) is 43.7 Å². The fourth-order valence-corrected chi connectivity index (χ4v) is 3.06. The second-order valence-corrected chi connectivity index (χ2v) is 5.57. The largest absolute Gasteiger partial charge is 0.359 e. The van der Waals surface area contributed by atoms with Crippen LogP contribution in [0.4, 0.5) is 5.69 Å². The van der Waals surface area contributed by atoms with E-state index >= 15 is 0 Å². The summed E-state index contributed by atoms with van der Waals surface area (Å²) in [5, 5.41) is 3.69. The summed E-state index contributed by atoms with van der Waals surface area (Å²) in [7, 11) is 0. The lowest BCUT2D eigenvalue weighted by molar-refractivity contribution is 0.379. The van der Waals surface area contributed by atoms with E-state index < -0.39 is 0 Å². The van der Waals surface area contributed by atoms with E-state index in [1.165, 1.54) is 18.4 Å². The maximum absolute atomic E-state index is 4.19. The third kappa shape index (κ3) is 3.22. The van der Waals surface area contributed by atoms with Crippen LogP contribution in [-0.2, 0) is 0 Å². The number of aromatic nitrogens is 2. The monoisotopic (exact) mass is 282 g/mol. The number of benzene rings is 1. The van der Waals surface area contributed by atoms with Gasteiger partial charge in [0.25, 0.3) is 0 Å². The molecule has 1 N–H and O–H groups in total. The Bertz CT molecular complexity index is 543. The molecule has 4 heteroatoms. The molecular formula is C17H22N4. The third-order valence-electron chi connectivity index (χ3n) is 4.09. The van der Waals surface area contributed by atoms with E-state index in [1.807, 2.05) is 12.4 Å². The van der Waals surface area contributed by atoms with E-state index in [2.05, 4.69) is 57.4 Å². The molecule has 0 amide bonds. The number of hydrogen-bond donors (Lipinski definition) is 1. The highest BCUT2D eigenvalue weighted by Gasteiger charge is 2.28. The van der Waals surface area contributed by atoms with Crippen LogP contribution in [0.2, 0.25) is 0 Å². The average molecular weight is 282 g/mol. The van der Waals surface area contributed by atoms with Crippen molar-refractivity contribution in [1.29, 1.82) is 0 Å². The lowest BCUT2D eigenvalue weighted by atomic mass is 9.99. The summed E-state index contributed by atoms with van der Waals surface area (Å²) in [6.45, 7) is 4.20. The molecule has 0 radical (unpaired) electrons. The molecular weight excluding hydrogens is 260 g/mol. The number of nitrogens with zero attached hydrogens (tertiary/aromatic N) is 3. The second kappa shape index (κ2) is 6.68. The first-order chi connectivity index (χ1) is 10.4. The van der Waals surface area contributed by atoms with Crippen molar-refractivity contribution in [1.82, 2.24) is 15.3 Å². The molecule has 1 saturated heterocycles. The second-order valence-electron chi connectivity index (χ2n) is 5.57. The van der Waals surface area contributed by atoms with Crippen LogP contribution in [0.15, 0.2) is 49.1 Å². The first kappa shape index (κ1) is 14.0. The molecule has 2 unspecified atom stereocenters. The van der Waals surface area contributed by atoms with Crippen LogP contribution in [0, 0.1) is 0 Å². The number of rotatable bonds is 4. The highest BCUT2D eigenvalue weighted by atomic mass is 15.2. The van der Waals surface area contributed by atoms with E-state index in [4.69, 9.17) is 0 Å². The van der Waals surface area contributed by atoms with Crippen LogP contribution in [0.1, 0.15) is 31.4 Å². The molecule has 1 fully saturated rings. The van der Waals surface area contributed by atoms with Gasteiger partial charge in [-0.05, 0) is 12.0 Å². The predicted molar refractivity (Wildman–Crippen MR) is 85.3 cm³/mol. The summed E-state index contributed by atoms with van der Waals surface area (Å²) in [5.41, 5.74) is 2.44. The Morgan fingerprint density at radius 2 is 1.95 bits per heavy atom. The molecule has 1 aromatic heterocycles. The average Bonchev–Trinajstić information content (AvgIpc) is 2.57. The molecule has 1 aromatic carbocycles. The first-order valence-electron chi connectivity index (χ1n) is 7.68. The molecule has 0 aliphatic carbocycles. The third-order valence-corrected chi connectivity index (χ3v) is 4.09. The van der Waals surface area contributed by atoms with E-state index in [-0.39, 0.29) is 0 Å². The SMILES string of the molecule is CCCC1CN(c2cncnc2)C(c2ccccc2)CN1. The Morgan fingerprint density at radius 1 is 1.19 bits per heavy atom. The van der Waals surface area contributed by atoms with Crippen LogP contribution in [-0.4, -0.2) is 29.1 Å². The Hall–Kier alpha value is -1.94. The van der Waals surface area contributed by atoms with Crippen LogP contribution < -0.4 is 10.2 Å². The molecule has 0 spiro atoms. The van der Waals surface area contributed by atoms with Crippen molar-refractivity contribution < 1.29 is 0 Å². The van der Waals surface area contributed by atoms with Crippen molar-refractivity contribution in [3.8, 4) is 0 Å². The van der Waals surface area contributed by atoms with E-state index in [0.717, 1.165) is 18.8 Å². The molecule has 0 saturated carbocycles. The van der Waals surface area contributed by atoms with Gasteiger partial charge in [0.2, 0.25) is 0 Å². The molecule has 1 aliphatic rings. The molecule has 2 atom stereocenters. The summed E-state index contributed by atoms with van der Waals surface area (Å²) in [4.78, 5) is 10.8. The van der Waals surface area contributed by atoms with Gasteiger partial charge in [0, 0.05) is 19.1 Å². The Balaban J connectivity index is 1.88.